The third kappa shape index (κ3) is 3.65. The van der Waals surface area contributed by atoms with Crippen molar-refractivity contribution in [1.82, 2.24) is 9.88 Å². The molecule has 1 aromatic heterocycles. The van der Waals surface area contributed by atoms with Crippen LogP contribution in [0.5, 0.6) is 0 Å². The van der Waals surface area contributed by atoms with Crippen molar-refractivity contribution in [1.29, 1.82) is 0 Å². The van der Waals surface area contributed by atoms with Gasteiger partial charge in [-0.15, -0.1) is 0 Å². The van der Waals surface area contributed by atoms with Gasteiger partial charge in [-0.05, 0) is 37.4 Å². The predicted molar refractivity (Wildman–Crippen MR) is 91.2 cm³/mol. The van der Waals surface area contributed by atoms with Gasteiger partial charge in [-0.1, -0.05) is 37.6 Å². The van der Waals surface area contributed by atoms with E-state index >= 15 is 0 Å². The van der Waals surface area contributed by atoms with E-state index in [4.69, 9.17) is 0 Å². The number of aliphatic hydroxyl groups is 1. The Labute approximate surface area is 145 Å². The molecule has 2 heterocycles. The monoisotopic (exact) mass is 352 g/mol. The highest BCUT2D eigenvalue weighted by Gasteiger charge is 2.34. The first kappa shape index (κ1) is 18.1. The highest BCUT2D eigenvalue weighted by atomic mass is 19.4. The molecule has 25 heavy (non-hydrogen) atoms. The smallest absolute Gasteiger partial charge is 0.394 e. The van der Waals surface area contributed by atoms with Gasteiger partial charge in [-0.2, -0.15) is 13.2 Å². The van der Waals surface area contributed by atoms with Gasteiger partial charge in [0, 0.05) is 11.4 Å². The number of rotatable bonds is 4. The van der Waals surface area contributed by atoms with Gasteiger partial charge in [0.2, 0.25) is 0 Å². The second-order valence-corrected chi connectivity index (χ2v) is 6.61. The summed E-state index contributed by atoms with van der Waals surface area (Å²) >= 11 is 0. The van der Waals surface area contributed by atoms with Gasteiger partial charge in [0.1, 0.15) is 5.69 Å². The Bertz CT molecular complexity index is 732. The predicted octanol–water partition coefficient (Wildman–Crippen LogP) is 4.55. The average molecular weight is 352 g/mol. The first-order valence-corrected chi connectivity index (χ1v) is 8.79. The highest BCUT2D eigenvalue weighted by molar-refractivity contribution is 5.82. The Hall–Kier alpha value is -1.66. The number of benzene rings is 1. The number of pyridine rings is 1. The molecule has 1 aliphatic rings. The minimum atomic E-state index is -4.48. The molecule has 0 bridgehead atoms. The first-order valence-electron chi connectivity index (χ1n) is 8.79. The van der Waals surface area contributed by atoms with E-state index in [1.807, 2.05) is 6.07 Å². The molecular formula is C19H23F3N2O. The molecule has 0 radical (unpaired) electrons. The summed E-state index contributed by atoms with van der Waals surface area (Å²) in [6.45, 7) is 2.83. The van der Waals surface area contributed by atoms with Gasteiger partial charge in [0.15, 0.2) is 0 Å². The average Bonchev–Trinajstić information content (AvgIpc) is 2.61. The van der Waals surface area contributed by atoms with Crippen molar-refractivity contribution >= 4 is 10.9 Å². The minimum absolute atomic E-state index is 0.131. The lowest BCUT2D eigenvalue weighted by Crippen LogP contribution is -2.43. The van der Waals surface area contributed by atoms with Crippen LogP contribution in [0.25, 0.3) is 10.9 Å². The molecule has 136 valence electrons. The number of nitrogens with zero attached hydrogens (tertiary/aromatic N) is 2. The molecule has 0 amide bonds. The van der Waals surface area contributed by atoms with E-state index < -0.39 is 11.9 Å². The van der Waals surface area contributed by atoms with Crippen LogP contribution in [-0.2, 0) is 6.18 Å². The number of alkyl halides is 3. The maximum Gasteiger partial charge on any atom is 0.433 e. The number of para-hydroxylation sites is 1. The summed E-state index contributed by atoms with van der Waals surface area (Å²) in [7, 11) is 0. The Morgan fingerprint density at radius 2 is 2.04 bits per heavy atom. The number of hydrogen-bond acceptors (Lipinski definition) is 3. The molecule has 1 saturated heterocycles. The zero-order valence-corrected chi connectivity index (χ0v) is 14.3. The fourth-order valence-corrected chi connectivity index (χ4v) is 3.85. The van der Waals surface area contributed by atoms with Crippen LogP contribution in [0, 0.1) is 0 Å². The first-order chi connectivity index (χ1) is 12.0. The van der Waals surface area contributed by atoms with Crippen LogP contribution in [0.1, 0.15) is 49.9 Å². The van der Waals surface area contributed by atoms with Crippen molar-refractivity contribution in [3.63, 3.8) is 0 Å². The Morgan fingerprint density at radius 3 is 2.72 bits per heavy atom. The minimum Gasteiger partial charge on any atom is -0.394 e. The van der Waals surface area contributed by atoms with E-state index in [2.05, 4.69) is 16.8 Å². The molecule has 3 nitrogen and oxygen atoms in total. The van der Waals surface area contributed by atoms with Crippen LogP contribution in [0.15, 0.2) is 30.3 Å². The van der Waals surface area contributed by atoms with Crippen LogP contribution in [0.4, 0.5) is 13.2 Å². The summed E-state index contributed by atoms with van der Waals surface area (Å²) in [4.78, 5) is 6.13. The van der Waals surface area contributed by atoms with Gasteiger partial charge < -0.3 is 5.11 Å². The van der Waals surface area contributed by atoms with Crippen molar-refractivity contribution < 1.29 is 18.3 Å². The molecule has 2 atom stereocenters. The van der Waals surface area contributed by atoms with Crippen LogP contribution in [-0.4, -0.2) is 34.2 Å². The molecule has 1 aromatic carbocycles. The van der Waals surface area contributed by atoms with Crippen LogP contribution in [0.2, 0.25) is 0 Å². The molecule has 2 unspecified atom stereocenters. The lowest BCUT2D eigenvalue weighted by Gasteiger charge is -2.40. The standard InChI is InChI=1S/C19H23F3N2O/c1-2-14-7-3-4-11-24(14)16(12-25)15-8-5-6-13-9-10-17(19(20,21)22)23-18(13)15/h5-6,8-10,14,16,25H,2-4,7,11-12H2,1H3. The number of halogens is 3. The van der Waals surface area contributed by atoms with Gasteiger partial charge in [0.05, 0.1) is 18.2 Å². The van der Waals surface area contributed by atoms with Crippen molar-refractivity contribution in [2.24, 2.45) is 0 Å². The molecule has 1 N–H and O–H groups in total. The van der Waals surface area contributed by atoms with Crippen molar-refractivity contribution in [3.8, 4) is 0 Å². The van der Waals surface area contributed by atoms with Crippen molar-refractivity contribution in [3.05, 3.63) is 41.6 Å². The van der Waals surface area contributed by atoms with E-state index in [-0.39, 0.29) is 12.6 Å². The van der Waals surface area contributed by atoms with E-state index in [0.29, 0.717) is 22.5 Å². The Kier molecular flexibility index (Phi) is 5.29. The maximum absolute atomic E-state index is 13.1. The normalized spacial score (nSPS) is 20.8. The van der Waals surface area contributed by atoms with Crippen molar-refractivity contribution in [2.45, 2.75) is 50.9 Å². The summed E-state index contributed by atoms with van der Waals surface area (Å²) in [6.07, 6.45) is -0.271. The van der Waals surface area contributed by atoms with E-state index in [1.165, 1.54) is 6.07 Å². The molecule has 0 spiro atoms. The fourth-order valence-electron chi connectivity index (χ4n) is 3.85. The molecular weight excluding hydrogens is 329 g/mol. The van der Waals surface area contributed by atoms with Crippen LogP contribution >= 0.6 is 0 Å². The topological polar surface area (TPSA) is 36.4 Å². The second kappa shape index (κ2) is 7.30. The van der Waals surface area contributed by atoms with E-state index in [9.17, 15) is 18.3 Å². The zero-order chi connectivity index (χ0) is 18.0. The largest absolute Gasteiger partial charge is 0.433 e. The Balaban J connectivity index is 2.08. The molecule has 3 rings (SSSR count). The molecule has 1 fully saturated rings. The SMILES string of the molecule is CCC1CCCCN1C(CO)c1cccc2ccc(C(F)(F)F)nc12. The Morgan fingerprint density at radius 1 is 1.24 bits per heavy atom. The molecule has 1 aliphatic heterocycles. The third-order valence-electron chi connectivity index (χ3n) is 5.12. The lowest BCUT2D eigenvalue weighted by atomic mass is 9.94. The molecule has 0 aliphatic carbocycles. The van der Waals surface area contributed by atoms with Gasteiger partial charge in [-0.3, -0.25) is 4.90 Å². The molecule has 6 heteroatoms. The third-order valence-corrected chi connectivity index (χ3v) is 5.12. The fraction of sp³-hybridized carbons (Fsp3) is 0.526. The zero-order valence-electron chi connectivity index (χ0n) is 14.3. The van der Waals surface area contributed by atoms with Gasteiger partial charge >= 0.3 is 6.18 Å². The van der Waals surface area contributed by atoms with Gasteiger partial charge in [0.25, 0.3) is 0 Å². The second-order valence-electron chi connectivity index (χ2n) is 6.61. The number of likely N-dealkylation sites (tertiary alicyclic amines) is 1. The quantitative estimate of drug-likeness (QED) is 0.877. The number of piperidine rings is 1. The van der Waals surface area contributed by atoms with Gasteiger partial charge in [-0.25, -0.2) is 4.98 Å². The molecule has 2 aromatic rings. The number of fused-ring (bicyclic) bond motifs is 1. The highest BCUT2D eigenvalue weighted by Crippen LogP contribution is 2.35. The summed E-state index contributed by atoms with van der Waals surface area (Å²) in [5, 5.41) is 10.7. The number of aliphatic hydroxyl groups excluding tert-OH is 1. The lowest BCUT2D eigenvalue weighted by molar-refractivity contribution is -0.140. The van der Waals surface area contributed by atoms with Crippen LogP contribution in [0.3, 0.4) is 0 Å². The maximum atomic E-state index is 13.1. The van der Waals surface area contributed by atoms with E-state index in [1.54, 1.807) is 12.1 Å². The summed E-state index contributed by atoms with van der Waals surface area (Å²) < 4.78 is 39.2. The van der Waals surface area contributed by atoms with Crippen molar-refractivity contribution in [2.75, 3.05) is 13.2 Å². The summed E-state index contributed by atoms with van der Waals surface area (Å²) in [5.74, 6) is 0. The van der Waals surface area contributed by atoms with Crippen LogP contribution < -0.4 is 0 Å². The molecule has 0 saturated carbocycles. The summed E-state index contributed by atoms with van der Waals surface area (Å²) in [5.41, 5.74) is 0.109. The number of aromatic nitrogens is 1. The summed E-state index contributed by atoms with van der Waals surface area (Å²) in [6, 6.07) is 7.84. The number of hydrogen-bond donors (Lipinski definition) is 1. The van der Waals surface area contributed by atoms with E-state index in [0.717, 1.165) is 38.3 Å².